The van der Waals surface area contributed by atoms with Gasteiger partial charge in [0.15, 0.2) is 0 Å². The molecule has 0 bridgehead atoms. The van der Waals surface area contributed by atoms with E-state index in [0.717, 1.165) is 23.6 Å². The molecule has 0 N–H and O–H groups in total. The van der Waals surface area contributed by atoms with Crippen LogP contribution in [0.1, 0.15) is 92.6 Å². The minimum absolute atomic E-state index is 0.108. The molecule has 2 aromatic rings. The first kappa shape index (κ1) is 19.9. The highest BCUT2D eigenvalue weighted by Gasteiger charge is 2.25. The van der Waals surface area contributed by atoms with Crippen LogP contribution in [0.4, 0.5) is 0 Å². The molecular weight excluding hydrogens is 360 g/mol. The van der Waals surface area contributed by atoms with Gasteiger partial charge in [0, 0.05) is 10.3 Å². The highest BCUT2D eigenvalue weighted by atomic mass is 32.2. The lowest BCUT2D eigenvalue weighted by Crippen LogP contribution is -2.24. The number of unbranched alkanes of at least 4 members (excludes halogenated alkanes) is 3. The Morgan fingerprint density at radius 2 is 1.81 bits per heavy atom. The zero-order chi connectivity index (χ0) is 18.4. The molecule has 0 amide bonds. The molecule has 4 heteroatoms. The van der Waals surface area contributed by atoms with Crippen LogP contribution in [0.3, 0.4) is 0 Å². The summed E-state index contributed by atoms with van der Waals surface area (Å²) in [5.41, 5.74) is 0. The smallest absolute Gasteiger partial charge is 0.348 e. The molecular formula is C22H32O2S2. The van der Waals surface area contributed by atoms with Crippen LogP contribution in [0.25, 0.3) is 9.40 Å². The van der Waals surface area contributed by atoms with Gasteiger partial charge in [-0.05, 0) is 56.6 Å². The number of ether oxygens (including phenoxy) is 1. The lowest BCUT2D eigenvalue weighted by Gasteiger charge is -2.28. The van der Waals surface area contributed by atoms with Crippen molar-refractivity contribution in [1.29, 1.82) is 0 Å². The molecule has 144 valence electrons. The summed E-state index contributed by atoms with van der Waals surface area (Å²) in [6.45, 7) is 4.50. The lowest BCUT2D eigenvalue weighted by molar-refractivity contribution is 0.0166. The second-order valence-corrected chi connectivity index (χ2v) is 10.2. The number of carbonyl (C=O) groups is 1. The van der Waals surface area contributed by atoms with E-state index in [2.05, 4.69) is 19.9 Å². The first-order chi connectivity index (χ1) is 12.7. The summed E-state index contributed by atoms with van der Waals surface area (Å²) in [5.74, 6) is 0.742. The van der Waals surface area contributed by atoms with E-state index in [4.69, 9.17) is 4.74 Å². The van der Waals surface area contributed by atoms with Crippen LogP contribution < -0.4 is 0 Å². The van der Waals surface area contributed by atoms with Crippen molar-refractivity contribution in [3.05, 3.63) is 21.9 Å². The third kappa shape index (κ3) is 5.32. The second kappa shape index (κ2) is 9.89. The van der Waals surface area contributed by atoms with Gasteiger partial charge in [-0.3, -0.25) is 0 Å². The van der Waals surface area contributed by atoms with Crippen LogP contribution >= 0.6 is 22.7 Å². The molecule has 0 unspecified atom stereocenters. The van der Waals surface area contributed by atoms with Crippen LogP contribution in [-0.2, 0) is 11.2 Å². The fraction of sp³-hybridized carbons (Fsp3) is 0.682. The third-order valence-electron chi connectivity index (χ3n) is 5.53. The van der Waals surface area contributed by atoms with Crippen molar-refractivity contribution < 1.29 is 9.53 Å². The van der Waals surface area contributed by atoms with Crippen LogP contribution in [0, 0.1) is 5.92 Å². The van der Waals surface area contributed by atoms with E-state index in [1.165, 1.54) is 72.1 Å². The largest absolute Gasteiger partial charge is 0.458 e. The van der Waals surface area contributed by atoms with E-state index < -0.39 is 0 Å². The summed E-state index contributed by atoms with van der Waals surface area (Å²) in [7, 11) is 0. The molecule has 26 heavy (non-hydrogen) atoms. The van der Waals surface area contributed by atoms with Gasteiger partial charge in [-0.15, -0.1) is 22.7 Å². The number of aryl methyl sites for hydroxylation is 1. The first-order valence-electron chi connectivity index (χ1n) is 10.4. The molecule has 2 aromatic heterocycles. The Labute approximate surface area is 166 Å². The summed E-state index contributed by atoms with van der Waals surface area (Å²) in [5, 5.41) is 1.22. The Kier molecular flexibility index (Phi) is 7.56. The Hall–Kier alpha value is -0.870. The van der Waals surface area contributed by atoms with Crippen molar-refractivity contribution in [2.75, 3.05) is 0 Å². The molecule has 0 spiro atoms. The molecule has 2 heterocycles. The molecule has 1 aliphatic rings. The Bertz CT molecular complexity index is 661. The van der Waals surface area contributed by atoms with E-state index in [-0.39, 0.29) is 12.1 Å². The predicted octanol–water partition coefficient (Wildman–Crippen LogP) is 7.60. The topological polar surface area (TPSA) is 26.3 Å². The standard InChI is InChI=1S/C22H32O2S2/c1-3-5-7-9-19-14-17-15-20(26-22(17)25-19)21(23)24-18-12-10-16(11-13-18)8-6-4-2/h14-16,18H,3-13H2,1-2H3/t16-,18-. The molecule has 2 nitrogen and oxygen atoms in total. The minimum Gasteiger partial charge on any atom is -0.458 e. The van der Waals surface area contributed by atoms with Crippen molar-refractivity contribution in [3.63, 3.8) is 0 Å². The number of carbonyl (C=O) groups excluding carboxylic acids is 1. The third-order valence-corrected chi connectivity index (χ3v) is 7.96. The number of thiophene rings is 2. The van der Waals surface area contributed by atoms with Gasteiger partial charge in [0.25, 0.3) is 0 Å². The summed E-state index contributed by atoms with van der Waals surface area (Å²) < 4.78 is 7.09. The van der Waals surface area contributed by atoms with Crippen molar-refractivity contribution in [2.45, 2.75) is 90.6 Å². The van der Waals surface area contributed by atoms with Crippen molar-refractivity contribution >= 4 is 38.0 Å². The SMILES string of the molecule is CCCCCc1cc2cc(C(=O)O[C@H]3CC[C@H](CCCC)CC3)sc2s1. The number of esters is 1. The molecule has 0 atom stereocenters. The molecule has 1 fully saturated rings. The maximum absolute atomic E-state index is 12.5. The molecule has 0 aliphatic heterocycles. The summed E-state index contributed by atoms with van der Waals surface area (Å²) in [6.07, 6.45) is 13.6. The highest BCUT2D eigenvalue weighted by molar-refractivity contribution is 7.39. The van der Waals surface area contributed by atoms with Crippen molar-refractivity contribution in [2.24, 2.45) is 5.92 Å². The van der Waals surface area contributed by atoms with E-state index in [0.29, 0.717) is 0 Å². The summed E-state index contributed by atoms with van der Waals surface area (Å²) in [6, 6.07) is 4.30. The molecule has 3 rings (SSSR count). The highest BCUT2D eigenvalue weighted by Crippen LogP contribution is 2.36. The van der Waals surface area contributed by atoms with E-state index in [1.54, 1.807) is 11.3 Å². The van der Waals surface area contributed by atoms with Crippen LogP contribution in [0.5, 0.6) is 0 Å². The normalized spacial score (nSPS) is 20.5. The van der Waals surface area contributed by atoms with Crippen molar-refractivity contribution in [3.8, 4) is 0 Å². The van der Waals surface area contributed by atoms with Gasteiger partial charge in [-0.2, -0.15) is 0 Å². The Morgan fingerprint density at radius 1 is 1.04 bits per heavy atom. The summed E-state index contributed by atoms with van der Waals surface area (Å²) >= 11 is 3.46. The maximum Gasteiger partial charge on any atom is 0.348 e. The Balaban J connectivity index is 1.49. The molecule has 0 radical (unpaired) electrons. The predicted molar refractivity (Wildman–Crippen MR) is 114 cm³/mol. The van der Waals surface area contributed by atoms with Gasteiger partial charge < -0.3 is 4.74 Å². The zero-order valence-electron chi connectivity index (χ0n) is 16.2. The second-order valence-electron chi connectivity index (χ2n) is 7.71. The maximum atomic E-state index is 12.5. The molecule has 1 saturated carbocycles. The minimum atomic E-state index is -0.108. The molecule has 0 aromatic carbocycles. The first-order valence-corrected chi connectivity index (χ1v) is 12.1. The van der Waals surface area contributed by atoms with Gasteiger partial charge in [0.2, 0.25) is 0 Å². The quantitative estimate of drug-likeness (QED) is 0.324. The van der Waals surface area contributed by atoms with Crippen molar-refractivity contribution in [1.82, 2.24) is 0 Å². The van der Waals surface area contributed by atoms with Crippen LogP contribution in [0.15, 0.2) is 12.1 Å². The fourth-order valence-electron chi connectivity index (χ4n) is 3.90. The van der Waals surface area contributed by atoms with Gasteiger partial charge in [-0.25, -0.2) is 4.79 Å². The molecule has 1 aliphatic carbocycles. The average molecular weight is 393 g/mol. The lowest BCUT2D eigenvalue weighted by atomic mass is 9.84. The zero-order valence-corrected chi connectivity index (χ0v) is 17.9. The van der Waals surface area contributed by atoms with Gasteiger partial charge >= 0.3 is 5.97 Å². The van der Waals surface area contributed by atoms with Crippen LogP contribution in [-0.4, -0.2) is 12.1 Å². The van der Waals surface area contributed by atoms with E-state index in [1.807, 2.05) is 17.4 Å². The molecule has 0 saturated heterocycles. The number of fused-ring (bicyclic) bond motifs is 1. The monoisotopic (exact) mass is 392 g/mol. The van der Waals surface area contributed by atoms with Gasteiger partial charge in [0.1, 0.15) is 11.0 Å². The van der Waals surface area contributed by atoms with E-state index in [9.17, 15) is 4.79 Å². The summed E-state index contributed by atoms with van der Waals surface area (Å²) in [4.78, 5) is 14.7. The number of rotatable bonds is 9. The number of hydrogen-bond acceptors (Lipinski definition) is 4. The average Bonchev–Trinajstić information content (AvgIpc) is 3.20. The van der Waals surface area contributed by atoms with Gasteiger partial charge in [0.05, 0.1) is 4.01 Å². The van der Waals surface area contributed by atoms with E-state index >= 15 is 0 Å². The van der Waals surface area contributed by atoms with Crippen LogP contribution in [0.2, 0.25) is 0 Å². The fourth-order valence-corrected chi connectivity index (χ4v) is 6.32. The van der Waals surface area contributed by atoms with Gasteiger partial charge in [-0.1, -0.05) is 46.0 Å². The number of hydrogen-bond donors (Lipinski definition) is 0. The Morgan fingerprint density at radius 3 is 2.50 bits per heavy atom.